The van der Waals surface area contributed by atoms with Crippen molar-refractivity contribution >= 4 is 0 Å². The highest BCUT2D eigenvalue weighted by atomic mass is 19.1. The second-order valence-electron chi connectivity index (χ2n) is 5.22. The van der Waals surface area contributed by atoms with E-state index in [1.54, 1.807) is 0 Å². The van der Waals surface area contributed by atoms with Crippen LogP contribution in [0.3, 0.4) is 0 Å². The molecule has 0 saturated carbocycles. The zero-order chi connectivity index (χ0) is 14.3. The van der Waals surface area contributed by atoms with Crippen LogP contribution in [0.5, 0.6) is 5.75 Å². The zero-order valence-electron chi connectivity index (χ0n) is 12.2. The number of rotatable bonds is 8. The molecule has 2 unspecified atom stereocenters. The molecule has 19 heavy (non-hydrogen) atoms. The van der Waals surface area contributed by atoms with E-state index in [-0.39, 0.29) is 17.6 Å². The molecule has 0 aliphatic carbocycles. The van der Waals surface area contributed by atoms with E-state index < -0.39 is 0 Å². The van der Waals surface area contributed by atoms with Gasteiger partial charge in [0, 0.05) is 17.6 Å². The van der Waals surface area contributed by atoms with Gasteiger partial charge in [0.15, 0.2) is 0 Å². The highest BCUT2D eigenvalue weighted by molar-refractivity contribution is 5.34. The third-order valence-electron chi connectivity index (χ3n) is 3.49. The van der Waals surface area contributed by atoms with E-state index in [2.05, 4.69) is 19.2 Å². The maximum atomic E-state index is 13.3. The van der Waals surface area contributed by atoms with Gasteiger partial charge in [-0.05, 0) is 38.0 Å². The molecule has 0 saturated heterocycles. The average Bonchev–Trinajstić information content (AvgIpc) is 2.39. The van der Waals surface area contributed by atoms with Crippen LogP contribution in [0.4, 0.5) is 4.39 Å². The Bertz CT molecular complexity index is 381. The van der Waals surface area contributed by atoms with Gasteiger partial charge in [-0.1, -0.05) is 33.1 Å². The van der Waals surface area contributed by atoms with Crippen LogP contribution in [0.15, 0.2) is 18.2 Å². The first-order valence-electron chi connectivity index (χ1n) is 7.32. The van der Waals surface area contributed by atoms with Crippen molar-refractivity contribution in [3.63, 3.8) is 0 Å². The maximum Gasteiger partial charge on any atom is 0.123 e. The summed E-state index contributed by atoms with van der Waals surface area (Å²) in [6.45, 7) is 6.33. The van der Waals surface area contributed by atoms with Crippen molar-refractivity contribution in [2.24, 2.45) is 0 Å². The Balaban J connectivity index is 2.69. The predicted molar refractivity (Wildman–Crippen MR) is 77.8 cm³/mol. The number of nitrogens with one attached hydrogen (secondary N) is 1. The van der Waals surface area contributed by atoms with Crippen LogP contribution in [-0.4, -0.2) is 11.1 Å². The Hall–Kier alpha value is -1.09. The minimum Gasteiger partial charge on any atom is -0.508 e. The molecule has 2 atom stereocenters. The van der Waals surface area contributed by atoms with Gasteiger partial charge in [-0.3, -0.25) is 0 Å². The molecule has 0 aliphatic heterocycles. The number of hydrogen-bond donors (Lipinski definition) is 2. The number of unbranched alkanes of at least 4 members (excludes halogenated alkanes) is 1. The fourth-order valence-corrected chi connectivity index (χ4v) is 2.43. The molecule has 0 amide bonds. The third kappa shape index (κ3) is 5.19. The smallest absolute Gasteiger partial charge is 0.123 e. The van der Waals surface area contributed by atoms with Crippen LogP contribution in [0, 0.1) is 5.82 Å². The fraction of sp³-hybridized carbons (Fsp3) is 0.625. The van der Waals surface area contributed by atoms with Crippen molar-refractivity contribution in [3.05, 3.63) is 29.6 Å². The van der Waals surface area contributed by atoms with Crippen LogP contribution in [0.25, 0.3) is 0 Å². The van der Waals surface area contributed by atoms with Crippen LogP contribution >= 0.6 is 0 Å². The molecule has 108 valence electrons. The van der Waals surface area contributed by atoms with Crippen molar-refractivity contribution in [2.45, 2.75) is 65.0 Å². The summed E-state index contributed by atoms with van der Waals surface area (Å²) >= 11 is 0. The summed E-state index contributed by atoms with van der Waals surface area (Å²) in [6, 6.07) is 4.51. The van der Waals surface area contributed by atoms with Gasteiger partial charge in [0.2, 0.25) is 0 Å². The number of aromatic hydroxyl groups is 1. The van der Waals surface area contributed by atoms with Gasteiger partial charge >= 0.3 is 0 Å². The Morgan fingerprint density at radius 1 is 1.21 bits per heavy atom. The first-order chi connectivity index (χ1) is 9.08. The maximum absolute atomic E-state index is 13.3. The van der Waals surface area contributed by atoms with Gasteiger partial charge in [-0.15, -0.1) is 0 Å². The summed E-state index contributed by atoms with van der Waals surface area (Å²) in [4.78, 5) is 0. The number of phenolic OH excluding ortho intramolecular Hbond substituents is 1. The highest BCUT2D eigenvalue weighted by Crippen LogP contribution is 2.25. The largest absolute Gasteiger partial charge is 0.508 e. The molecule has 0 spiro atoms. The van der Waals surface area contributed by atoms with Gasteiger partial charge in [-0.2, -0.15) is 0 Å². The standard InChI is InChI=1S/C16H26FNO/c1-4-6-8-14(7-5-2)18-12(3)15-11-13(17)9-10-16(15)19/h9-12,14,18-19H,4-8H2,1-3H3. The Labute approximate surface area is 116 Å². The molecule has 0 bridgehead atoms. The summed E-state index contributed by atoms with van der Waals surface area (Å²) in [5.41, 5.74) is 0.637. The molecule has 0 radical (unpaired) electrons. The summed E-state index contributed by atoms with van der Waals surface area (Å²) in [7, 11) is 0. The summed E-state index contributed by atoms with van der Waals surface area (Å²) in [6.07, 6.45) is 5.75. The second kappa shape index (κ2) is 8.16. The van der Waals surface area contributed by atoms with Crippen LogP contribution in [0.2, 0.25) is 0 Å². The van der Waals surface area contributed by atoms with Gasteiger partial charge in [0.25, 0.3) is 0 Å². The molecular formula is C16H26FNO. The van der Waals surface area contributed by atoms with Crippen LogP contribution < -0.4 is 5.32 Å². The second-order valence-corrected chi connectivity index (χ2v) is 5.22. The Morgan fingerprint density at radius 3 is 2.58 bits per heavy atom. The van der Waals surface area contributed by atoms with Crippen LogP contribution in [0.1, 0.15) is 64.5 Å². The minimum absolute atomic E-state index is 0.0379. The lowest BCUT2D eigenvalue weighted by Crippen LogP contribution is -2.31. The summed E-state index contributed by atoms with van der Waals surface area (Å²) in [5, 5.41) is 13.3. The van der Waals surface area contributed by atoms with E-state index in [0.29, 0.717) is 11.6 Å². The monoisotopic (exact) mass is 267 g/mol. The number of hydrogen-bond acceptors (Lipinski definition) is 2. The van der Waals surface area contributed by atoms with Crippen molar-refractivity contribution in [2.75, 3.05) is 0 Å². The molecule has 2 N–H and O–H groups in total. The number of halogens is 1. The van der Waals surface area contributed by atoms with Gasteiger partial charge in [0.1, 0.15) is 11.6 Å². The van der Waals surface area contributed by atoms with Gasteiger partial charge in [-0.25, -0.2) is 4.39 Å². The third-order valence-corrected chi connectivity index (χ3v) is 3.49. The lowest BCUT2D eigenvalue weighted by molar-refractivity contribution is 0.384. The number of benzene rings is 1. The first kappa shape index (κ1) is 16.0. The summed E-state index contributed by atoms with van der Waals surface area (Å²) in [5.74, 6) is -0.144. The molecule has 1 aromatic rings. The normalized spacial score (nSPS) is 14.3. The van der Waals surface area contributed by atoms with Gasteiger partial charge < -0.3 is 10.4 Å². The highest BCUT2D eigenvalue weighted by Gasteiger charge is 2.15. The molecule has 0 fully saturated rings. The number of phenols is 1. The summed E-state index contributed by atoms with van der Waals surface area (Å²) < 4.78 is 13.3. The molecule has 3 heteroatoms. The van der Waals surface area contributed by atoms with Crippen molar-refractivity contribution in [1.29, 1.82) is 0 Å². The van der Waals surface area contributed by atoms with E-state index in [9.17, 15) is 9.50 Å². The lowest BCUT2D eigenvalue weighted by Gasteiger charge is -2.24. The fourth-order valence-electron chi connectivity index (χ4n) is 2.43. The molecule has 2 nitrogen and oxygen atoms in total. The topological polar surface area (TPSA) is 32.3 Å². The van der Waals surface area contributed by atoms with E-state index in [4.69, 9.17) is 0 Å². The van der Waals surface area contributed by atoms with E-state index in [0.717, 1.165) is 19.3 Å². The van der Waals surface area contributed by atoms with E-state index in [1.807, 2.05) is 6.92 Å². The van der Waals surface area contributed by atoms with Gasteiger partial charge in [0.05, 0.1) is 0 Å². The van der Waals surface area contributed by atoms with Crippen molar-refractivity contribution in [1.82, 2.24) is 5.32 Å². The quantitative estimate of drug-likeness (QED) is 0.724. The molecule has 1 rings (SSSR count). The Morgan fingerprint density at radius 2 is 1.95 bits per heavy atom. The van der Waals surface area contributed by atoms with Crippen molar-refractivity contribution in [3.8, 4) is 5.75 Å². The molecule has 0 aromatic heterocycles. The first-order valence-corrected chi connectivity index (χ1v) is 7.32. The molecule has 1 aromatic carbocycles. The average molecular weight is 267 g/mol. The van der Waals surface area contributed by atoms with Crippen LogP contribution in [-0.2, 0) is 0 Å². The molecule has 0 aliphatic rings. The lowest BCUT2D eigenvalue weighted by atomic mass is 10.0. The zero-order valence-corrected chi connectivity index (χ0v) is 12.2. The van der Waals surface area contributed by atoms with E-state index >= 15 is 0 Å². The Kier molecular flexibility index (Phi) is 6.85. The predicted octanol–water partition coefficient (Wildman–Crippen LogP) is 4.54. The van der Waals surface area contributed by atoms with Crippen molar-refractivity contribution < 1.29 is 9.50 Å². The minimum atomic E-state index is -0.304. The molecule has 0 heterocycles. The van der Waals surface area contributed by atoms with E-state index in [1.165, 1.54) is 31.0 Å². The SMILES string of the molecule is CCCCC(CCC)NC(C)c1cc(F)ccc1O. The molecular weight excluding hydrogens is 241 g/mol.